The highest BCUT2D eigenvalue weighted by atomic mass is 79.9. The third kappa shape index (κ3) is 3.57. The zero-order chi connectivity index (χ0) is 16.2. The van der Waals surface area contributed by atoms with Crippen molar-refractivity contribution in [1.82, 2.24) is 4.90 Å². The molecule has 2 aromatic rings. The molecule has 5 heteroatoms. The minimum Gasteiger partial charge on any atom is -0.496 e. The van der Waals surface area contributed by atoms with Crippen LogP contribution in [0.4, 0.5) is 0 Å². The maximum Gasteiger partial charge on any atom is 0.257 e. The van der Waals surface area contributed by atoms with Crippen LogP contribution in [0.25, 0.3) is 0 Å². The second-order valence-corrected chi connectivity index (χ2v) is 6.28. The molecule has 0 bridgehead atoms. The Kier molecular flexibility index (Phi) is 4.98. The van der Waals surface area contributed by atoms with E-state index >= 15 is 0 Å². The van der Waals surface area contributed by atoms with E-state index in [0.29, 0.717) is 31.0 Å². The van der Waals surface area contributed by atoms with E-state index in [1.54, 1.807) is 19.2 Å². The van der Waals surface area contributed by atoms with Gasteiger partial charge in [0.25, 0.3) is 5.91 Å². The van der Waals surface area contributed by atoms with Crippen molar-refractivity contribution >= 4 is 21.8 Å². The summed E-state index contributed by atoms with van der Waals surface area (Å²) >= 11 is 3.42. The van der Waals surface area contributed by atoms with E-state index in [4.69, 9.17) is 9.47 Å². The molecule has 1 unspecified atom stereocenters. The molecule has 1 atom stereocenters. The second-order valence-electron chi connectivity index (χ2n) is 5.37. The molecule has 1 saturated heterocycles. The molecule has 2 aromatic carbocycles. The van der Waals surface area contributed by atoms with Gasteiger partial charge >= 0.3 is 0 Å². The number of rotatable bonds is 3. The summed E-state index contributed by atoms with van der Waals surface area (Å²) in [6.45, 7) is 1.65. The first kappa shape index (κ1) is 16.0. The third-order valence-electron chi connectivity index (χ3n) is 3.92. The van der Waals surface area contributed by atoms with Gasteiger partial charge in [0, 0.05) is 11.0 Å². The van der Waals surface area contributed by atoms with Crippen molar-refractivity contribution < 1.29 is 14.3 Å². The molecule has 1 amide bonds. The lowest BCUT2D eigenvalue weighted by molar-refractivity contribution is -0.0229. The normalized spacial score (nSPS) is 17.8. The Balaban J connectivity index is 1.81. The summed E-state index contributed by atoms with van der Waals surface area (Å²) in [6, 6.07) is 15.5. The molecule has 1 aliphatic rings. The van der Waals surface area contributed by atoms with Gasteiger partial charge in [-0.15, -0.1) is 0 Å². The fourth-order valence-electron chi connectivity index (χ4n) is 2.72. The first-order valence-corrected chi connectivity index (χ1v) is 8.27. The van der Waals surface area contributed by atoms with Crippen LogP contribution in [0.2, 0.25) is 0 Å². The van der Waals surface area contributed by atoms with Crippen molar-refractivity contribution in [3.05, 3.63) is 64.1 Å². The van der Waals surface area contributed by atoms with Gasteiger partial charge in [0.05, 0.1) is 25.8 Å². The van der Waals surface area contributed by atoms with Gasteiger partial charge < -0.3 is 14.4 Å². The number of hydrogen-bond donors (Lipinski definition) is 0. The quantitative estimate of drug-likeness (QED) is 0.821. The highest BCUT2D eigenvalue weighted by molar-refractivity contribution is 9.10. The SMILES string of the molecule is COc1ccc(Br)cc1C(=O)N1CCOC(c2ccccc2)C1. The van der Waals surface area contributed by atoms with E-state index in [1.165, 1.54) is 0 Å². The lowest BCUT2D eigenvalue weighted by Crippen LogP contribution is -2.42. The molecule has 23 heavy (non-hydrogen) atoms. The molecule has 1 aliphatic heterocycles. The van der Waals surface area contributed by atoms with Gasteiger partial charge in [-0.3, -0.25) is 4.79 Å². The van der Waals surface area contributed by atoms with Gasteiger partial charge in [0.2, 0.25) is 0 Å². The summed E-state index contributed by atoms with van der Waals surface area (Å²) in [5.41, 5.74) is 1.65. The zero-order valence-electron chi connectivity index (χ0n) is 12.9. The number of nitrogens with zero attached hydrogens (tertiary/aromatic N) is 1. The van der Waals surface area contributed by atoms with Crippen molar-refractivity contribution in [2.75, 3.05) is 26.8 Å². The highest BCUT2D eigenvalue weighted by Crippen LogP contribution is 2.27. The Labute approximate surface area is 144 Å². The molecule has 1 fully saturated rings. The molecule has 4 nitrogen and oxygen atoms in total. The van der Waals surface area contributed by atoms with Crippen molar-refractivity contribution in [3.63, 3.8) is 0 Å². The van der Waals surface area contributed by atoms with Crippen LogP contribution in [0.15, 0.2) is 53.0 Å². The number of benzene rings is 2. The van der Waals surface area contributed by atoms with E-state index in [0.717, 1.165) is 10.0 Å². The third-order valence-corrected chi connectivity index (χ3v) is 4.41. The van der Waals surface area contributed by atoms with Crippen molar-refractivity contribution in [3.8, 4) is 5.75 Å². The number of carbonyl (C=O) groups is 1. The van der Waals surface area contributed by atoms with Crippen molar-refractivity contribution in [1.29, 1.82) is 0 Å². The van der Waals surface area contributed by atoms with Gasteiger partial charge in [-0.05, 0) is 23.8 Å². The number of amides is 1. The monoisotopic (exact) mass is 375 g/mol. The standard InChI is InChI=1S/C18H18BrNO3/c1-22-16-8-7-14(19)11-15(16)18(21)20-9-10-23-17(12-20)13-5-3-2-4-6-13/h2-8,11,17H,9-10,12H2,1H3. The predicted molar refractivity (Wildman–Crippen MR) is 91.7 cm³/mol. The number of carbonyl (C=O) groups excluding carboxylic acids is 1. The summed E-state index contributed by atoms with van der Waals surface area (Å²) in [6.07, 6.45) is -0.0907. The Bertz CT molecular complexity index is 690. The fraction of sp³-hybridized carbons (Fsp3) is 0.278. The van der Waals surface area contributed by atoms with Gasteiger partial charge in [-0.25, -0.2) is 0 Å². The average molecular weight is 376 g/mol. The van der Waals surface area contributed by atoms with Crippen LogP contribution in [0.5, 0.6) is 5.75 Å². The van der Waals surface area contributed by atoms with E-state index < -0.39 is 0 Å². The molecule has 1 heterocycles. The summed E-state index contributed by atoms with van der Waals surface area (Å²) in [5.74, 6) is 0.549. The Morgan fingerprint density at radius 2 is 2.04 bits per heavy atom. The molecule has 3 rings (SSSR count). The molecule has 0 spiro atoms. The lowest BCUT2D eigenvalue weighted by atomic mass is 10.1. The molecule has 0 saturated carbocycles. The molecular formula is C18H18BrNO3. The number of methoxy groups -OCH3 is 1. The summed E-state index contributed by atoms with van der Waals surface area (Å²) in [4.78, 5) is 14.7. The first-order valence-electron chi connectivity index (χ1n) is 7.48. The molecule has 120 valence electrons. The number of halogens is 1. The highest BCUT2D eigenvalue weighted by Gasteiger charge is 2.27. The van der Waals surface area contributed by atoms with Crippen LogP contribution in [0.1, 0.15) is 22.0 Å². The van der Waals surface area contributed by atoms with Gasteiger partial charge in [-0.2, -0.15) is 0 Å². The van der Waals surface area contributed by atoms with Crippen LogP contribution < -0.4 is 4.74 Å². The van der Waals surface area contributed by atoms with Crippen molar-refractivity contribution in [2.45, 2.75) is 6.10 Å². The van der Waals surface area contributed by atoms with E-state index in [9.17, 15) is 4.79 Å². The summed E-state index contributed by atoms with van der Waals surface area (Å²) in [5, 5.41) is 0. The summed E-state index contributed by atoms with van der Waals surface area (Å²) < 4.78 is 12.0. The number of ether oxygens (including phenoxy) is 2. The minimum atomic E-state index is -0.0907. The van der Waals surface area contributed by atoms with E-state index in [2.05, 4.69) is 15.9 Å². The fourth-order valence-corrected chi connectivity index (χ4v) is 3.08. The van der Waals surface area contributed by atoms with Crippen molar-refractivity contribution in [2.24, 2.45) is 0 Å². The van der Waals surface area contributed by atoms with Gasteiger partial charge in [0.15, 0.2) is 0 Å². The second kappa shape index (κ2) is 7.15. The summed E-state index contributed by atoms with van der Waals surface area (Å²) in [7, 11) is 1.58. The minimum absolute atomic E-state index is 0.0348. The van der Waals surface area contributed by atoms with E-state index in [-0.39, 0.29) is 12.0 Å². The molecule has 0 aromatic heterocycles. The topological polar surface area (TPSA) is 38.8 Å². The first-order chi connectivity index (χ1) is 11.2. The van der Waals surface area contributed by atoms with Crippen LogP contribution in [0.3, 0.4) is 0 Å². The maximum atomic E-state index is 12.9. The predicted octanol–water partition coefficient (Wildman–Crippen LogP) is 3.67. The number of hydrogen-bond acceptors (Lipinski definition) is 3. The Morgan fingerprint density at radius 1 is 1.26 bits per heavy atom. The Morgan fingerprint density at radius 3 is 2.78 bits per heavy atom. The lowest BCUT2D eigenvalue weighted by Gasteiger charge is -2.33. The zero-order valence-corrected chi connectivity index (χ0v) is 14.5. The van der Waals surface area contributed by atoms with Gasteiger partial charge in [0.1, 0.15) is 11.9 Å². The molecule has 0 N–H and O–H groups in total. The Hall–Kier alpha value is -1.85. The average Bonchev–Trinajstić information content (AvgIpc) is 2.62. The largest absolute Gasteiger partial charge is 0.496 e. The van der Waals surface area contributed by atoms with Crippen LogP contribution in [-0.2, 0) is 4.74 Å². The maximum absolute atomic E-state index is 12.9. The van der Waals surface area contributed by atoms with Gasteiger partial charge in [-0.1, -0.05) is 46.3 Å². The molecule has 0 aliphatic carbocycles. The molecular weight excluding hydrogens is 358 g/mol. The smallest absolute Gasteiger partial charge is 0.257 e. The van der Waals surface area contributed by atoms with Crippen LogP contribution in [-0.4, -0.2) is 37.6 Å². The number of morpholine rings is 1. The van der Waals surface area contributed by atoms with Crippen LogP contribution in [0, 0.1) is 0 Å². The molecule has 0 radical (unpaired) electrons. The van der Waals surface area contributed by atoms with E-state index in [1.807, 2.05) is 41.3 Å². The van der Waals surface area contributed by atoms with Crippen LogP contribution >= 0.6 is 15.9 Å².